The summed E-state index contributed by atoms with van der Waals surface area (Å²) in [5, 5.41) is 3.75. The van der Waals surface area contributed by atoms with Crippen molar-refractivity contribution >= 4 is 0 Å². The molecule has 1 aliphatic heterocycles. The van der Waals surface area contributed by atoms with E-state index < -0.39 is 0 Å². The van der Waals surface area contributed by atoms with Crippen molar-refractivity contribution in [3.63, 3.8) is 0 Å². The molecule has 94 valence electrons. The molecular weight excluding hydrogens is 196 g/mol. The maximum Gasteiger partial charge on any atom is 0.0107 e. The minimum Gasteiger partial charge on any atom is -0.312 e. The summed E-state index contributed by atoms with van der Waals surface area (Å²) in [6, 6.07) is 0.808. The molecule has 1 aliphatic carbocycles. The average molecular weight is 224 g/mol. The van der Waals surface area contributed by atoms with Gasteiger partial charge in [0.05, 0.1) is 0 Å². The number of likely N-dealkylation sites (tertiary alicyclic amines) is 1. The molecule has 0 aromatic heterocycles. The molecule has 2 nitrogen and oxygen atoms in total. The van der Waals surface area contributed by atoms with Gasteiger partial charge in [-0.3, -0.25) is 0 Å². The van der Waals surface area contributed by atoms with Crippen LogP contribution in [0, 0.1) is 11.8 Å². The van der Waals surface area contributed by atoms with Gasteiger partial charge in [-0.2, -0.15) is 0 Å². The fraction of sp³-hybridized carbons (Fsp3) is 1.00. The Kier molecular flexibility index (Phi) is 4.66. The second kappa shape index (κ2) is 6.02. The van der Waals surface area contributed by atoms with Crippen molar-refractivity contribution in [2.75, 3.05) is 26.2 Å². The number of nitrogens with zero attached hydrogens (tertiary/aromatic N) is 1. The van der Waals surface area contributed by atoms with Gasteiger partial charge in [-0.1, -0.05) is 13.8 Å². The predicted octanol–water partition coefficient (Wildman–Crippen LogP) is 2.50. The predicted molar refractivity (Wildman–Crippen MR) is 69.6 cm³/mol. The Bertz CT molecular complexity index is 201. The minimum atomic E-state index is 0.808. The Morgan fingerprint density at radius 1 is 1.31 bits per heavy atom. The highest BCUT2D eigenvalue weighted by atomic mass is 15.1. The Labute approximate surface area is 101 Å². The van der Waals surface area contributed by atoms with Crippen LogP contribution in [0.4, 0.5) is 0 Å². The quantitative estimate of drug-likeness (QED) is 0.746. The molecule has 0 bridgehead atoms. The van der Waals surface area contributed by atoms with Gasteiger partial charge in [0.1, 0.15) is 0 Å². The fourth-order valence-corrected chi connectivity index (χ4v) is 3.04. The van der Waals surface area contributed by atoms with Crippen molar-refractivity contribution in [2.24, 2.45) is 11.8 Å². The molecule has 1 saturated heterocycles. The van der Waals surface area contributed by atoms with Crippen LogP contribution in [-0.2, 0) is 0 Å². The summed E-state index contributed by atoms with van der Waals surface area (Å²) in [6.07, 6.45) is 7.07. The lowest BCUT2D eigenvalue weighted by molar-refractivity contribution is 0.182. The van der Waals surface area contributed by atoms with Gasteiger partial charge in [0.25, 0.3) is 0 Å². The van der Waals surface area contributed by atoms with Gasteiger partial charge < -0.3 is 10.2 Å². The summed E-state index contributed by atoms with van der Waals surface area (Å²) in [7, 11) is 0. The number of piperidine rings is 1. The Morgan fingerprint density at radius 3 is 2.75 bits per heavy atom. The van der Waals surface area contributed by atoms with Gasteiger partial charge in [0, 0.05) is 25.7 Å². The van der Waals surface area contributed by atoms with E-state index in [1.165, 1.54) is 58.3 Å². The molecule has 1 saturated carbocycles. The second-order valence-corrected chi connectivity index (χ2v) is 5.85. The fourth-order valence-electron chi connectivity index (χ4n) is 3.04. The summed E-state index contributed by atoms with van der Waals surface area (Å²) in [5.41, 5.74) is 0. The van der Waals surface area contributed by atoms with E-state index in [0.717, 1.165) is 17.9 Å². The van der Waals surface area contributed by atoms with Gasteiger partial charge in [-0.05, 0) is 50.5 Å². The lowest BCUT2D eigenvalue weighted by Crippen LogP contribution is -2.41. The first-order valence-corrected chi connectivity index (χ1v) is 7.25. The molecule has 0 radical (unpaired) electrons. The summed E-state index contributed by atoms with van der Waals surface area (Å²) >= 11 is 0. The molecule has 0 spiro atoms. The molecule has 2 fully saturated rings. The normalized spacial score (nSPS) is 29.2. The third-order valence-electron chi connectivity index (χ3n) is 4.21. The molecule has 1 N–H and O–H groups in total. The SMILES string of the molecule is CCC(NCCN1CCCC(C)C1)C1CC1. The molecule has 16 heavy (non-hydrogen) atoms. The third kappa shape index (κ3) is 3.74. The van der Waals surface area contributed by atoms with Crippen LogP contribution in [0.25, 0.3) is 0 Å². The van der Waals surface area contributed by atoms with E-state index in [4.69, 9.17) is 0 Å². The minimum absolute atomic E-state index is 0.808. The van der Waals surface area contributed by atoms with E-state index >= 15 is 0 Å². The highest BCUT2D eigenvalue weighted by Gasteiger charge is 2.29. The van der Waals surface area contributed by atoms with Crippen LogP contribution in [0.2, 0.25) is 0 Å². The summed E-state index contributed by atoms with van der Waals surface area (Å²) in [4.78, 5) is 2.64. The lowest BCUT2D eigenvalue weighted by atomic mass is 10.0. The molecule has 0 amide bonds. The number of rotatable bonds is 6. The van der Waals surface area contributed by atoms with Crippen molar-refractivity contribution in [1.82, 2.24) is 10.2 Å². The molecular formula is C14H28N2. The number of hydrogen-bond acceptors (Lipinski definition) is 2. The smallest absolute Gasteiger partial charge is 0.0107 e. The Balaban J connectivity index is 1.59. The molecule has 2 atom stereocenters. The number of nitrogens with one attached hydrogen (secondary N) is 1. The highest BCUT2D eigenvalue weighted by Crippen LogP contribution is 2.33. The second-order valence-electron chi connectivity index (χ2n) is 5.85. The lowest BCUT2D eigenvalue weighted by Gasteiger charge is -2.31. The van der Waals surface area contributed by atoms with Crippen molar-refractivity contribution < 1.29 is 0 Å². The van der Waals surface area contributed by atoms with Crippen LogP contribution in [-0.4, -0.2) is 37.1 Å². The first-order chi connectivity index (χ1) is 7.79. The molecule has 0 aromatic rings. The number of hydrogen-bond donors (Lipinski definition) is 1. The largest absolute Gasteiger partial charge is 0.312 e. The Morgan fingerprint density at radius 2 is 2.12 bits per heavy atom. The highest BCUT2D eigenvalue weighted by molar-refractivity contribution is 4.85. The van der Waals surface area contributed by atoms with Crippen LogP contribution >= 0.6 is 0 Å². The molecule has 2 aliphatic rings. The monoisotopic (exact) mass is 224 g/mol. The van der Waals surface area contributed by atoms with E-state index in [1.54, 1.807) is 0 Å². The maximum atomic E-state index is 3.75. The van der Waals surface area contributed by atoms with Crippen molar-refractivity contribution in [1.29, 1.82) is 0 Å². The van der Waals surface area contributed by atoms with Gasteiger partial charge in [-0.25, -0.2) is 0 Å². The first kappa shape index (κ1) is 12.4. The molecule has 2 rings (SSSR count). The van der Waals surface area contributed by atoms with Crippen molar-refractivity contribution in [3.8, 4) is 0 Å². The topological polar surface area (TPSA) is 15.3 Å². The first-order valence-electron chi connectivity index (χ1n) is 7.25. The summed E-state index contributed by atoms with van der Waals surface area (Å²) in [5.74, 6) is 1.92. The van der Waals surface area contributed by atoms with Gasteiger partial charge >= 0.3 is 0 Å². The van der Waals surface area contributed by atoms with Crippen molar-refractivity contribution in [3.05, 3.63) is 0 Å². The van der Waals surface area contributed by atoms with Gasteiger partial charge in [0.15, 0.2) is 0 Å². The zero-order valence-corrected chi connectivity index (χ0v) is 11.0. The van der Waals surface area contributed by atoms with E-state index in [1.807, 2.05) is 0 Å². The van der Waals surface area contributed by atoms with E-state index in [0.29, 0.717) is 0 Å². The van der Waals surface area contributed by atoms with Crippen LogP contribution < -0.4 is 5.32 Å². The zero-order valence-electron chi connectivity index (χ0n) is 11.0. The summed E-state index contributed by atoms with van der Waals surface area (Å²) < 4.78 is 0. The van der Waals surface area contributed by atoms with Crippen molar-refractivity contribution in [2.45, 2.75) is 52.0 Å². The Hall–Kier alpha value is -0.0800. The van der Waals surface area contributed by atoms with Gasteiger partial charge in [-0.15, -0.1) is 0 Å². The molecule has 2 heteroatoms. The van der Waals surface area contributed by atoms with Crippen LogP contribution in [0.1, 0.15) is 46.0 Å². The summed E-state index contributed by atoms with van der Waals surface area (Å²) in [6.45, 7) is 9.81. The van der Waals surface area contributed by atoms with Gasteiger partial charge in [0.2, 0.25) is 0 Å². The zero-order chi connectivity index (χ0) is 11.4. The van der Waals surface area contributed by atoms with E-state index in [2.05, 4.69) is 24.1 Å². The maximum absolute atomic E-state index is 3.75. The molecule has 2 unspecified atom stereocenters. The van der Waals surface area contributed by atoms with E-state index in [9.17, 15) is 0 Å². The standard InChI is InChI=1S/C14H28N2/c1-3-14(13-6-7-13)15-8-10-16-9-4-5-12(2)11-16/h12-15H,3-11H2,1-2H3. The molecule has 1 heterocycles. The van der Waals surface area contributed by atoms with Crippen LogP contribution in [0.15, 0.2) is 0 Å². The van der Waals surface area contributed by atoms with Crippen LogP contribution in [0.5, 0.6) is 0 Å². The molecule has 0 aromatic carbocycles. The average Bonchev–Trinajstić information content (AvgIpc) is 3.08. The van der Waals surface area contributed by atoms with Crippen LogP contribution in [0.3, 0.4) is 0 Å². The third-order valence-corrected chi connectivity index (χ3v) is 4.21. The van der Waals surface area contributed by atoms with E-state index in [-0.39, 0.29) is 0 Å².